The SMILES string of the molecule is CC1(C)C2=C(NC(=O)CS2)C(=O)C[C@@H]1CO[C@@H]1CCC(=O)N1. The molecule has 22 heavy (non-hydrogen) atoms. The highest BCUT2D eigenvalue weighted by atomic mass is 32.2. The van der Waals surface area contributed by atoms with E-state index in [4.69, 9.17) is 4.74 Å². The van der Waals surface area contributed by atoms with E-state index < -0.39 is 0 Å². The Morgan fingerprint density at radius 3 is 2.73 bits per heavy atom. The zero-order valence-corrected chi connectivity index (χ0v) is 13.5. The largest absolute Gasteiger partial charge is 0.358 e. The number of nitrogens with one attached hydrogen (secondary N) is 2. The van der Waals surface area contributed by atoms with Gasteiger partial charge in [0.1, 0.15) is 6.23 Å². The molecule has 120 valence electrons. The van der Waals surface area contributed by atoms with Crippen LogP contribution in [0.15, 0.2) is 10.6 Å². The normalized spacial score (nSPS) is 30.9. The van der Waals surface area contributed by atoms with Crippen molar-refractivity contribution in [3.63, 3.8) is 0 Å². The van der Waals surface area contributed by atoms with E-state index in [-0.39, 0.29) is 35.2 Å². The highest BCUT2D eigenvalue weighted by Gasteiger charge is 2.45. The highest BCUT2D eigenvalue weighted by Crippen LogP contribution is 2.49. The molecule has 0 unspecified atom stereocenters. The van der Waals surface area contributed by atoms with Crippen LogP contribution < -0.4 is 10.6 Å². The number of rotatable bonds is 3. The van der Waals surface area contributed by atoms with Crippen LogP contribution in [0.1, 0.15) is 33.1 Å². The minimum Gasteiger partial charge on any atom is -0.358 e. The molecule has 0 aromatic heterocycles. The van der Waals surface area contributed by atoms with Crippen LogP contribution in [-0.2, 0) is 19.1 Å². The van der Waals surface area contributed by atoms with E-state index in [0.29, 0.717) is 37.3 Å². The number of thioether (sulfide) groups is 1. The van der Waals surface area contributed by atoms with Crippen molar-refractivity contribution >= 4 is 29.4 Å². The van der Waals surface area contributed by atoms with Crippen LogP contribution in [-0.4, -0.2) is 36.2 Å². The van der Waals surface area contributed by atoms with Crippen LogP contribution in [0.25, 0.3) is 0 Å². The lowest BCUT2D eigenvalue weighted by Crippen LogP contribution is -2.45. The lowest BCUT2D eigenvalue weighted by molar-refractivity contribution is -0.124. The Morgan fingerprint density at radius 1 is 1.27 bits per heavy atom. The molecule has 2 N–H and O–H groups in total. The molecule has 2 amide bonds. The minimum atomic E-state index is -0.243. The van der Waals surface area contributed by atoms with Crippen LogP contribution in [0, 0.1) is 11.3 Å². The lowest BCUT2D eigenvalue weighted by atomic mass is 9.71. The third kappa shape index (κ3) is 2.79. The van der Waals surface area contributed by atoms with E-state index in [2.05, 4.69) is 24.5 Å². The van der Waals surface area contributed by atoms with Gasteiger partial charge in [-0.3, -0.25) is 14.4 Å². The number of ether oxygens (including phenoxy) is 1. The molecule has 0 saturated carbocycles. The standard InChI is InChI=1S/C15H20N2O4S/c1-15(2)8(6-21-12-4-3-10(19)16-12)5-9(18)13-14(15)22-7-11(20)17-13/h8,12H,3-7H2,1-2H3,(H,16,19)(H,17,20)/t8-,12-/m1/s1. The molecule has 1 saturated heterocycles. The first kappa shape index (κ1) is 15.6. The number of hydrogen-bond acceptors (Lipinski definition) is 5. The van der Waals surface area contributed by atoms with E-state index in [1.807, 2.05) is 0 Å². The van der Waals surface area contributed by atoms with Crippen LogP contribution in [0.5, 0.6) is 0 Å². The Morgan fingerprint density at radius 2 is 2.05 bits per heavy atom. The van der Waals surface area contributed by atoms with Crippen LogP contribution in [0.4, 0.5) is 0 Å². The Kier molecular flexibility index (Phi) is 4.03. The van der Waals surface area contributed by atoms with Crippen LogP contribution in [0.3, 0.4) is 0 Å². The number of carbonyl (C=O) groups excluding carboxylic acids is 3. The number of allylic oxidation sites excluding steroid dienone is 2. The summed E-state index contributed by atoms with van der Waals surface area (Å²) in [6.07, 6.45) is 1.29. The first-order valence-electron chi connectivity index (χ1n) is 7.49. The summed E-state index contributed by atoms with van der Waals surface area (Å²) in [5.74, 6) is 0.260. The van der Waals surface area contributed by atoms with Crippen LogP contribution >= 0.6 is 11.8 Å². The monoisotopic (exact) mass is 324 g/mol. The summed E-state index contributed by atoms with van der Waals surface area (Å²) in [7, 11) is 0. The molecule has 3 rings (SSSR count). The molecule has 0 aromatic rings. The molecule has 0 aromatic carbocycles. The van der Waals surface area contributed by atoms with Crippen molar-refractivity contribution < 1.29 is 19.1 Å². The minimum absolute atomic E-state index is 0.0134. The summed E-state index contributed by atoms with van der Waals surface area (Å²) in [6, 6.07) is 0. The molecular formula is C15H20N2O4S. The third-order valence-electron chi connectivity index (χ3n) is 4.61. The van der Waals surface area contributed by atoms with Gasteiger partial charge in [0.05, 0.1) is 18.1 Å². The Hall–Kier alpha value is -1.34. The predicted octanol–water partition coefficient (Wildman–Crippen LogP) is 0.929. The van der Waals surface area contributed by atoms with Gasteiger partial charge in [-0.25, -0.2) is 0 Å². The summed E-state index contributed by atoms with van der Waals surface area (Å²) in [4.78, 5) is 36.0. The second-order valence-electron chi connectivity index (χ2n) is 6.52. The third-order valence-corrected chi connectivity index (χ3v) is 6.04. The Labute approximate surface area is 133 Å². The van der Waals surface area contributed by atoms with Crippen molar-refractivity contribution in [2.45, 2.75) is 39.3 Å². The maximum atomic E-state index is 12.3. The van der Waals surface area contributed by atoms with Gasteiger partial charge in [-0.2, -0.15) is 0 Å². The van der Waals surface area contributed by atoms with Gasteiger partial charge >= 0.3 is 0 Å². The van der Waals surface area contributed by atoms with Gasteiger partial charge in [0, 0.05) is 29.6 Å². The predicted molar refractivity (Wildman–Crippen MR) is 81.6 cm³/mol. The summed E-state index contributed by atoms with van der Waals surface area (Å²) in [5, 5.41) is 5.49. The molecule has 0 spiro atoms. The van der Waals surface area contributed by atoms with Gasteiger partial charge in [-0.15, -0.1) is 11.8 Å². The second kappa shape index (κ2) is 5.70. The first-order valence-corrected chi connectivity index (χ1v) is 8.48. The molecule has 0 radical (unpaired) electrons. The van der Waals surface area contributed by atoms with Crippen LogP contribution in [0.2, 0.25) is 0 Å². The quantitative estimate of drug-likeness (QED) is 0.807. The smallest absolute Gasteiger partial charge is 0.234 e. The molecule has 1 fully saturated rings. The molecule has 6 nitrogen and oxygen atoms in total. The van der Waals surface area contributed by atoms with Gasteiger partial charge < -0.3 is 15.4 Å². The average molecular weight is 324 g/mol. The molecule has 3 aliphatic rings. The van der Waals surface area contributed by atoms with E-state index in [1.54, 1.807) is 0 Å². The van der Waals surface area contributed by atoms with E-state index in [1.165, 1.54) is 11.8 Å². The van der Waals surface area contributed by atoms with Crippen molar-refractivity contribution in [3.05, 3.63) is 10.6 Å². The van der Waals surface area contributed by atoms with Gasteiger partial charge in [-0.05, 0) is 5.92 Å². The topological polar surface area (TPSA) is 84.5 Å². The Bertz CT molecular complexity index is 570. The first-order chi connectivity index (χ1) is 10.4. The molecule has 0 bridgehead atoms. The van der Waals surface area contributed by atoms with E-state index in [9.17, 15) is 14.4 Å². The summed E-state index contributed by atoms with van der Waals surface area (Å²) in [5.41, 5.74) is 0.237. The summed E-state index contributed by atoms with van der Waals surface area (Å²) < 4.78 is 5.79. The fourth-order valence-electron chi connectivity index (χ4n) is 3.12. The fraction of sp³-hybridized carbons (Fsp3) is 0.667. The fourth-order valence-corrected chi connectivity index (χ4v) is 4.32. The molecule has 2 heterocycles. The molecular weight excluding hydrogens is 304 g/mol. The number of hydrogen-bond donors (Lipinski definition) is 2. The van der Waals surface area contributed by atoms with Gasteiger partial charge in [0.15, 0.2) is 5.78 Å². The van der Waals surface area contributed by atoms with Crippen molar-refractivity contribution in [3.8, 4) is 0 Å². The Balaban J connectivity index is 1.72. The number of Topliss-reactive ketones (excluding diaryl/α,β-unsaturated/α-hetero) is 1. The molecule has 7 heteroatoms. The van der Waals surface area contributed by atoms with Gasteiger partial charge in [-0.1, -0.05) is 13.8 Å². The maximum absolute atomic E-state index is 12.3. The second-order valence-corrected chi connectivity index (χ2v) is 7.50. The van der Waals surface area contributed by atoms with Crippen molar-refractivity contribution in [2.75, 3.05) is 12.4 Å². The van der Waals surface area contributed by atoms with E-state index in [0.717, 1.165) is 4.91 Å². The van der Waals surface area contributed by atoms with Gasteiger partial charge in [0.2, 0.25) is 11.8 Å². The number of amides is 2. The maximum Gasteiger partial charge on any atom is 0.234 e. The highest BCUT2D eigenvalue weighted by molar-refractivity contribution is 8.03. The average Bonchev–Trinajstić information content (AvgIpc) is 2.87. The van der Waals surface area contributed by atoms with Crippen molar-refractivity contribution in [1.29, 1.82) is 0 Å². The lowest BCUT2D eigenvalue weighted by Gasteiger charge is -2.42. The molecule has 2 aliphatic heterocycles. The summed E-state index contributed by atoms with van der Waals surface area (Å²) in [6.45, 7) is 4.59. The number of ketones is 1. The summed E-state index contributed by atoms with van der Waals surface area (Å²) >= 11 is 1.45. The van der Waals surface area contributed by atoms with Gasteiger partial charge in [0.25, 0.3) is 0 Å². The van der Waals surface area contributed by atoms with E-state index >= 15 is 0 Å². The molecule has 1 aliphatic carbocycles. The van der Waals surface area contributed by atoms with Crippen molar-refractivity contribution in [2.24, 2.45) is 11.3 Å². The zero-order valence-electron chi connectivity index (χ0n) is 12.7. The number of carbonyl (C=O) groups is 3. The zero-order chi connectivity index (χ0) is 15.9. The molecule has 2 atom stereocenters. The van der Waals surface area contributed by atoms with Crippen molar-refractivity contribution in [1.82, 2.24) is 10.6 Å².